The van der Waals surface area contributed by atoms with E-state index in [0.717, 1.165) is 32.1 Å². The predicted octanol–water partition coefficient (Wildman–Crippen LogP) is 2.25. The van der Waals surface area contributed by atoms with E-state index in [-0.39, 0.29) is 16.9 Å². The Labute approximate surface area is 127 Å². The summed E-state index contributed by atoms with van der Waals surface area (Å²) in [6, 6.07) is 1.57. The van der Waals surface area contributed by atoms with Crippen LogP contribution in [0.2, 0.25) is 0 Å². The number of aromatic nitrogens is 1. The highest BCUT2D eigenvalue weighted by atomic mass is 32.2. The van der Waals surface area contributed by atoms with Gasteiger partial charge in [-0.15, -0.1) is 0 Å². The van der Waals surface area contributed by atoms with E-state index in [0.29, 0.717) is 18.8 Å². The second kappa shape index (κ2) is 6.50. The van der Waals surface area contributed by atoms with Crippen molar-refractivity contribution in [2.75, 3.05) is 6.54 Å². The van der Waals surface area contributed by atoms with E-state index < -0.39 is 10.0 Å². The van der Waals surface area contributed by atoms with E-state index in [1.807, 2.05) is 11.5 Å². The number of nitrogens with one attached hydrogen (secondary N) is 1. The molecule has 0 amide bonds. The van der Waals surface area contributed by atoms with Gasteiger partial charge in [0, 0.05) is 25.0 Å². The molecule has 0 aliphatic heterocycles. The summed E-state index contributed by atoms with van der Waals surface area (Å²) in [5.41, 5.74) is 0.833. The fraction of sp³-hybridized carbons (Fsp3) is 0.733. The second-order valence-electron chi connectivity index (χ2n) is 6.09. The Hall–Kier alpha value is -0.850. The summed E-state index contributed by atoms with van der Waals surface area (Å²) in [5, 5.41) is 9.33. The van der Waals surface area contributed by atoms with Crippen LogP contribution in [0.1, 0.15) is 51.6 Å². The van der Waals surface area contributed by atoms with Gasteiger partial charge in [-0.05, 0) is 37.2 Å². The molecule has 6 heteroatoms. The van der Waals surface area contributed by atoms with E-state index in [1.54, 1.807) is 12.3 Å². The van der Waals surface area contributed by atoms with Crippen LogP contribution >= 0.6 is 0 Å². The van der Waals surface area contributed by atoms with Crippen LogP contribution < -0.4 is 4.72 Å². The molecular formula is C15H26N2O3S. The molecule has 120 valence electrons. The first kappa shape index (κ1) is 16.5. The zero-order valence-corrected chi connectivity index (χ0v) is 13.7. The molecule has 1 aromatic heterocycles. The highest BCUT2D eigenvalue weighted by Gasteiger charge is 2.42. The van der Waals surface area contributed by atoms with Crippen molar-refractivity contribution in [1.29, 1.82) is 0 Å². The fourth-order valence-corrected chi connectivity index (χ4v) is 4.03. The number of aliphatic hydroxyl groups is 1. The Kier molecular flexibility index (Phi) is 5.11. The number of hydrogen-bond acceptors (Lipinski definition) is 3. The lowest BCUT2D eigenvalue weighted by Crippen LogP contribution is -2.30. The van der Waals surface area contributed by atoms with Crippen molar-refractivity contribution in [3.63, 3.8) is 0 Å². The molecule has 1 saturated carbocycles. The summed E-state index contributed by atoms with van der Waals surface area (Å²) in [6.07, 6.45) is 6.91. The van der Waals surface area contributed by atoms with Gasteiger partial charge in [0.1, 0.15) is 0 Å². The molecule has 2 N–H and O–H groups in total. The molecule has 5 nitrogen and oxygen atoms in total. The molecule has 1 aliphatic rings. The maximum atomic E-state index is 12.4. The van der Waals surface area contributed by atoms with Gasteiger partial charge in [0.25, 0.3) is 0 Å². The Morgan fingerprint density at radius 2 is 2.05 bits per heavy atom. The van der Waals surface area contributed by atoms with Crippen LogP contribution in [0.15, 0.2) is 17.2 Å². The zero-order valence-electron chi connectivity index (χ0n) is 12.9. The first-order chi connectivity index (χ1) is 9.96. The lowest BCUT2D eigenvalue weighted by molar-refractivity contribution is 0.270. The number of aryl methyl sites for hydroxylation is 1. The van der Waals surface area contributed by atoms with Crippen LogP contribution in [0.5, 0.6) is 0 Å². The number of aliphatic hydroxyl groups excluding tert-OH is 1. The summed E-state index contributed by atoms with van der Waals surface area (Å²) < 4.78 is 29.3. The maximum absolute atomic E-state index is 12.4. The average molecular weight is 314 g/mol. The standard InChI is InChI=1S/C15H26N2O3S/c1-3-5-15(6-7-15)12-16-21(19,20)14-9-13(11-18)17(10-14)8-4-2/h9-10,16,18H,3-8,11-12H2,1-2H3. The van der Waals surface area contributed by atoms with Gasteiger partial charge in [0.2, 0.25) is 10.0 Å². The molecule has 0 atom stereocenters. The SMILES string of the molecule is CCCn1cc(S(=O)(=O)NCC2(CCC)CC2)cc1CO. The lowest BCUT2D eigenvalue weighted by atomic mass is 10.0. The minimum atomic E-state index is -3.48. The first-order valence-corrected chi connectivity index (χ1v) is 9.24. The van der Waals surface area contributed by atoms with Crippen LogP contribution in [0.25, 0.3) is 0 Å². The van der Waals surface area contributed by atoms with Crippen molar-refractivity contribution in [1.82, 2.24) is 9.29 Å². The number of nitrogens with zero attached hydrogens (tertiary/aromatic N) is 1. The third kappa shape index (κ3) is 3.87. The van der Waals surface area contributed by atoms with Gasteiger partial charge in [-0.25, -0.2) is 13.1 Å². The predicted molar refractivity (Wildman–Crippen MR) is 82.4 cm³/mol. The van der Waals surface area contributed by atoms with Crippen molar-refractivity contribution in [3.8, 4) is 0 Å². The van der Waals surface area contributed by atoms with E-state index in [4.69, 9.17) is 0 Å². The van der Waals surface area contributed by atoms with E-state index in [9.17, 15) is 13.5 Å². The number of hydrogen-bond donors (Lipinski definition) is 2. The molecule has 1 aromatic rings. The van der Waals surface area contributed by atoms with Gasteiger partial charge in [0.05, 0.1) is 11.5 Å². The number of sulfonamides is 1. The van der Waals surface area contributed by atoms with E-state index in [2.05, 4.69) is 11.6 Å². The molecule has 1 aliphatic carbocycles. The van der Waals surface area contributed by atoms with Crippen LogP contribution in [0.4, 0.5) is 0 Å². The molecule has 0 radical (unpaired) electrons. The second-order valence-corrected chi connectivity index (χ2v) is 7.86. The quantitative estimate of drug-likeness (QED) is 0.734. The minimum Gasteiger partial charge on any atom is -0.390 e. The fourth-order valence-electron chi connectivity index (χ4n) is 2.81. The summed E-state index contributed by atoms with van der Waals surface area (Å²) in [5.74, 6) is 0. The summed E-state index contributed by atoms with van der Waals surface area (Å²) in [7, 11) is -3.48. The first-order valence-electron chi connectivity index (χ1n) is 7.76. The Morgan fingerprint density at radius 1 is 1.33 bits per heavy atom. The molecule has 0 spiro atoms. The Bertz CT molecular complexity index is 574. The normalized spacial score (nSPS) is 17.1. The summed E-state index contributed by atoms with van der Waals surface area (Å²) in [4.78, 5) is 0.257. The third-order valence-corrected chi connectivity index (χ3v) is 5.64. The summed E-state index contributed by atoms with van der Waals surface area (Å²) >= 11 is 0. The van der Waals surface area contributed by atoms with Gasteiger partial charge < -0.3 is 9.67 Å². The molecule has 0 unspecified atom stereocenters. The monoisotopic (exact) mass is 314 g/mol. The van der Waals surface area contributed by atoms with E-state index >= 15 is 0 Å². The Morgan fingerprint density at radius 3 is 2.57 bits per heavy atom. The topological polar surface area (TPSA) is 71.3 Å². The smallest absolute Gasteiger partial charge is 0.242 e. The molecule has 0 bridgehead atoms. The van der Waals surface area contributed by atoms with Crippen LogP contribution in [0.3, 0.4) is 0 Å². The van der Waals surface area contributed by atoms with Gasteiger partial charge in [0.15, 0.2) is 0 Å². The molecule has 21 heavy (non-hydrogen) atoms. The molecular weight excluding hydrogens is 288 g/mol. The van der Waals surface area contributed by atoms with Crippen molar-refractivity contribution in [2.24, 2.45) is 5.41 Å². The van der Waals surface area contributed by atoms with Crippen molar-refractivity contribution in [3.05, 3.63) is 18.0 Å². The zero-order chi connectivity index (χ0) is 15.5. The van der Waals surface area contributed by atoms with Gasteiger partial charge in [-0.2, -0.15) is 0 Å². The van der Waals surface area contributed by atoms with Crippen LogP contribution in [-0.4, -0.2) is 24.6 Å². The van der Waals surface area contributed by atoms with Gasteiger partial charge in [-0.3, -0.25) is 0 Å². The van der Waals surface area contributed by atoms with Crippen molar-refractivity contribution in [2.45, 2.75) is 64.0 Å². The lowest BCUT2D eigenvalue weighted by Gasteiger charge is -2.14. The molecule has 1 heterocycles. The highest BCUT2D eigenvalue weighted by Crippen LogP contribution is 2.49. The number of rotatable bonds is 9. The largest absolute Gasteiger partial charge is 0.390 e. The van der Waals surface area contributed by atoms with Crippen molar-refractivity contribution < 1.29 is 13.5 Å². The van der Waals surface area contributed by atoms with Crippen LogP contribution in [-0.2, 0) is 23.2 Å². The highest BCUT2D eigenvalue weighted by molar-refractivity contribution is 7.89. The molecule has 0 aromatic carbocycles. The van der Waals surface area contributed by atoms with Crippen molar-refractivity contribution >= 4 is 10.0 Å². The van der Waals surface area contributed by atoms with Gasteiger partial charge in [-0.1, -0.05) is 20.3 Å². The van der Waals surface area contributed by atoms with E-state index in [1.165, 1.54) is 0 Å². The Balaban J connectivity index is 2.08. The van der Waals surface area contributed by atoms with Gasteiger partial charge >= 0.3 is 0 Å². The molecule has 1 fully saturated rings. The third-order valence-electron chi connectivity index (χ3n) is 4.27. The molecule has 2 rings (SSSR count). The summed E-state index contributed by atoms with van der Waals surface area (Å²) in [6.45, 7) is 5.25. The van der Waals surface area contributed by atoms with Crippen LogP contribution in [0, 0.1) is 5.41 Å². The average Bonchev–Trinajstić information content (AvgIpc) is 3.08. The molecule has 0 saturated heterocycles. The minimum absolute atomic E-state index is 0.144. The maximum Gasteiger partial charge on any atom is 0.242 e.